The van der Waals surface area contributed by atoms with Crippen LogP contribution in [0.3, 0.4) is 0 Å². The summed E-state index contributed by atoms with van der Waals surface area (Å²) in [5.74, 6) is 0. The van der Waals surface area contributed by atoms with Crippen LogP contribution in [0.5, 0.6) is 0 Å². The van der Waals surface area contributed by atoms with Crippen LogP contribution in [0, 0.1) is 5.41 Å². The largest absolute Gasteiger partial charge is 0.299 e. The van der Waals surface area contributed by atoms with Crippen molar-refractivity contribution in [3.63, 3.8) is 0 Å². The molecule has 0 bridgehead atoms. The smallest absolute Gasteiger partial charge is 0.143 e. The van der Waals surface area contributed by atoms with Crippen molar-refractivity contribution in [3.8, 4) is 0 Å². The molecule has 0 atom stereocenters. The topological polar surface area (TPSA) is 17.1 Å². The molecule has 0 amide bonds. The van der Waals surface area contributed by atoms with Crippen LogP contribution in [0.2, 0.25) is 0 Å². The van der Waals surface area contributed by atoms with Gasteiger partial charge in [0.25, 0.3) is 0 Å². The average Bonchev–Trinajstić information content (AvgIpc) is 2.47. The molecule has 1 heteroatoms. The zero-order valence-electron chi connectivity index (χ0n) is 18.4. The van der Waals surface area contributed by atoms with E-state index in [4.69, 9.17) is 6.85 Å². The molecule has 0 radical (unpaired) electrons. The normalized spacial score (nSPS) is 27.1. The van der Waals surface area contributed by atoms with Crippen LogP contribution >= 0.6 is 0 Å². The van der Waals surface area contributed by atoms with Crippen LogP contribution < -0.4 is 0 Å². The summed E-state index contributed by atoms with van der Waals surface area (Å²) in [6, 6.07) is 0. The van der Waals surface area contributed by atoms with Crippen molar-refractivity contribution in [2.75, 3.05) is 0 Å². The number of carbonyl (C=O) groups excluding carboxylic acids is 1. The third-order valence-electron chi connectivity index (χ3n) is 3.61. The second-order valence-electron chi connectivity index (χ2n) is 6.00. The highest BCUT2D eigenvalue weighted by Gasteiger charge is 2.26. The van der Waals surface area contributed by atoms with Gasteiger partial charge in [-0.25, -0.2) is 0 Å². The zero-order chi connectivity index (χ0) is 20.2. The second-order valence-corrected chi connectivity index (χ2v) is 6.00. The maximum absolute atomic E-state index is 10.4. The van der Waals surface area contributed by atoms with E-state index in [1.54, 1.807) is 6.08 Å². The summed E-state index contributed by atoms with van der Waals surface area (Å²) >= 11 is 0. The van der Waals surface area contributed by atoms with E-state index in [-0.39, 0.29) is 12.0 Å². The Morgan fingerprint density at radius 3 is 2.62 bits per heavy atom. The molecule has 0 N–H and O–H groups in total. The number of carbonyl (C=O) groups is 1. The Kier molecular flexibility index (Phi) is 4.18. The average molecular weight is 289 g/mol. The summed E-state index contributed by atoms with van der Waals surface area (Å²) < 4.78 is 39.8. The summed E-state index contributed by atoms with van der Waals surface area (Å²) in [7, 11) is 0. The lowest BCUT2D eigenvalue weighted by Crippen LogP contribution is -2.19. The number of aldehydes is 1. The minimum atomic E-state index is -2.46. The van der Waals surface area contributed by atoms with Crippen molar-refractivity contribution in [1.29, 1.82) is 0 Å². The van der Waals surface area contributed by atoms with Gasteiger partial charge in [0, 0.05) is 6.85 Å². The molecule has 0 saturated heterocycles. The van der Waals surface area contributed by atoms with E-state index in [0.717, 1.165) is 17.4 Å². The molecule has 0 aromatic heterocycles. The summed E-state index contributed by atoms with van der Waals surface area (Å²) in [5.41, 5.74) is 1.82. The van der Waals surface area contributed by atoms with Crippen molar-refractivity contribution < 1.29 is 11.6 Å². The molecule has 0 fully saturated rings. The van der Waals surface area contributed by atoms with Gasteiger partial charge in [-0.1, -0.05) is 55.4 Å². The van der Waals surface area contributed by atoms with Gasteiger partial charge in [-0.15, -0.1) is 0 Å². The molecule has 114 valence electrons. The number of hydrogen-bond donors (Lipinski definition) is 0. The molecule has 0 spiro atoms. The predicted molar refractivity (Wildman–Crippen MR) is 92.2 cm³/mol. The fourth-order valence-corrected chi connectivity index (χ4v) is 2.16. The predicted octanol–water partition coefficient (Wildman–Crippen LogP) is 5.72. The number of allylic oxidation sites excluding steroid dienone is 10. The molecule has 1 nitrogen and oxygen atoms in total. The first kappa shape index (κ1) is 11.0. The van der Waals surface area contributed by atoms with Crippen molar-refractivity contribution in [2.24, 2.45) is 5.41 Å². The van der Waals surface area contributed by atoms with Crippen LogP contribution in [-0.4, -0.2) is 6.29 Å². The molecular formula is C20H28O. The Labute approximate surface area is 136 Å². The van der Waals surface area contributed by atoms with Crippen molar-refractivity contribution in [3.05, 3.63) is 58.7 Å². The minimum Gasteiger partial charge on any atom is -0.299 e. The maximum Gasteiger partial charge on any atom is 0.143 e. The molecule has 21 heavy (non-hydrogen) atoms. The van der Waals surface area contributed by atoms with Crippen LogP contribution in [0.15, 0.2) is 58.7 Å². The first-order valence-corrected chi connectivity index (χ1v) is 7.22. The van der Waals surface area contributed by atoms with Crippen LogP contribution in [0.25, 0.3) is 0 Å². The van der Waals surface area contributed by atoms with Crippen molar-refractivity contribution in [1.82, 2.24) is 0 Å². The quantitative estimate of drug-likeness (QED) is 0.359. The van der Waals surface area contributed by atoms with Gasteiger partial charge in [0.05, 0.1) is 0 Å². The Bertz CT molecular complexity index is 685. The van der Waals surface area contributed by atoms with Gasteiger partial charge in [-0.2, -0.15) is 0 Å². The molecule has 1 aliphatic carbocycles. The monoisotopic (exact) mass is 289 g/mol. The number of rotatable bonds is 5. The first-order chi connectivity index (χ1) is 11.8. The van der Waals surface area contributed by atoms with E-state index in [1.807, 2.05) is 52.0 Å². The summed E-state index contributed by atoms with van der Waals surface area (Å²) in [6.45, 7) is 5.17. The Morgan fingerprint density at radius 1 is 1.24 bits per heavy atom. The van der Waals surface area contributed by atoms with Gasteiger partial charge < -0.3 is 0 Å². The first-order valence-electron chi connectivity index (χ1n) is 9.72. The van der Waals surface area contributed by atoms with Crippen LogP contribution in [0.4, 0.5) is 0 Å². The Hall–Kier alpha value is -1.63. The van der Waals surface area contributed by atoms with Gasteiger partial charge in [0.2, 0.25) is 0 Å². The van der Waals surface area contributed by atoms with E-state index in [9.17, 15) is 4.79 Å². The van der Waals surface area contributed by atoms with Gasteiger partial charge in [0.1, 0.15) is 6.29 Å². The highest BCUT2D eigenvalue weighted by atomic mass is 16.1. The van der Waals surface area contributed by atoms with Gasteiger partial charge in [-0.3, -0.25) is 4.79 Å². The standard InChI is InChI=1S/C20H28O/c1-16(8-6-9-17(2)13-15-21)11-12-19-18(3)10-7-14-20(19,4)5/h6,8-9,11-13,15H,7,10,14H2,1-5H3/i3D3,10D2. The molecule has 1 aliphatic rings. The molecule has 0 aromatic carbocycles. The van der Waals surface area contributed by atoms with Gasteiger partial charge in [0.15, 0.2) is 0 Å². The third kappa shape index (κ3) is 5.71. The van der Waals surface area contributed by atoms with Gasteiger partial charge in [-0.05, 0) is 62.6 Å². The maximum atomic E-state index is 10.4. The summed E-state index contributed by atoms with van der Waals surface area (Å²) in [6.07, 6.45) is 10.2. The molecule has 1 rings (SSSR count). The fourth-order valence-electron chi connectivity index (χ4n) is 2.16. The Morgan fingerprint density at radius 2 is 1.95 bits per heavy atom. The van der Waals surface area contributed by atoms with Gasteiger partial charge >= 0.3 is 0 Å². The van der Waals surface area contributed by atoms with E-state index in [1.165, 1.54) is 6.08 Å². The molecule has 0 heterocycles. The van der Waals surface area contributed by atoms with E-state index in [0.29, 0.717) is 12.0 Å². The fraction of sp³-hybridized carbons (Fsp3) is 0.450. The summed E-state index contributed by atoms with van der Waals surface area (Å²) in [4.78, 5) is 10.4. The lowest BCUT2D eigenvalue weighted by molar-refractivity contribution is -0.104. The molecule has 0 saturated carbocycles. The van der Waals surface area contributed by atoms with E-state index < -0.39 is 18.6 Å². The second kappa shape index (κ2) is 7.97. The van der Waals surface area contributed by atoms with Crippen LogP contribution in [0.1, 0.15) is 60.6 Å². The van der Waals surface area contributed by atoms with E-state index in [2.05, 4.69) is 0 Å². The molecular weight excluding hydrogens is 256 g/mol. The van der Waals surface area contributed by atoms with Crippen molar-refractivity contribution in [2.45, 2.75) is 53.8 Å². The van der Waals surface area contributed by atoms with Crippen LogP contribution in [-0.2, 0) is 4.79 Å². The lowest BCUT2D eigenvalue weighted by atomic mass is 9.72. The zero-order valence-corrected chi connectivity index (χ0v) is 13.4. The lowest BCUT2D eigenvalue weighted by Gasteiger charge is -2.32. The Balaban J connectivity index is 3.27. The SMILES string of the molecule is [2H]C([2H])([2H])C1=C(C=CC(C)=CC=CC(C)=CC=O)C(C)(C)CCC1([2H])[2H]. The minimum absolute atomic E-state index is 0.0781. The van der Waals surface area contributed by atoms with Crippen molar-refractivity contribution >= 4 is 6.29 Å². The summed E-state index contributed by atoms with van der Waals surface area (Å²) in [5, 5.41) is 0. The molecule has 0 unspecified atom stereocenters. The third-order valence-corrected chi connectivity index (χ3v) is 3.61. The highest BCUT2D eigenvalue weighted by Crippen LogP contribution is 2.40. The number of hydrogen-bond acceptors (Lipinski definition) is 1. The molecule has 0 aliphatic heterocycles. The van der Waals surface area contributed by atoms with E-state index >= 15 is 0 Å². The molecule has 0 aromatic rings. The highest BCUT2D eigenvalue weighted by molar-refractivity contribution is 5.66.